The predicted molar refractivity (Wildman–Crippen MR) is 71.2 cm³/mol. The molecular weight excluding hydrogens is 228 g/mol. The van der Waals surface area contributed by atoms with Gasteiger partial charge in [0.15, 0.2) is 0 Å². The zero-order valence-electron chi connectivity index (χ0n) is 11.4. The highest BCUT2D eigenvalue weighted by molar-refractivity contribution is 5.28. The van der Waals surface area contributed by atoms with E-state index in [-0.39, 0.29) is 6.10 Å². The van der Waals surface area contributed by atoms with Gasteiger partial charge >= 0.3 is 0 Å². The highest BCUT2D eigenvalue weighted by Gasteiger charge is 2.23. The Hall–Kier alpha value is -1.06. The van der Waals surface area contributed by atoms with Gasteiger partial charge in [0.25, 0.3) is 0 Å². The Labute approximate surface area is 109 Å². The smallest absolute Gasteiger partial charge is 0.119 e. The predicted octanol–water partition coefficient (Wildman–Crippen LogP) is 2.99. The van der Waals surface area contributed by atoms with Gasteiger partial charge in [-0.25, -0.2) is 0 Å². The fraction of sp³-hybridized carbons (Fsp3) is 0.600. The van der Waals surface area contributed by atoms with Crippen LogP contribution in [0.5, 0.6) is 5.75 Å². The SMILES string of the molecule is CC(COc1ccc(C(C)C)cc1)OCC1CO1. The Morgan fingerprint density at radius 3 is 2.44 bits per heavy atom. The first-order valence-electron chi connectivity index (χ1n) is 6.61. The van der Waals surface area contributed by atoms with Gasteiger partial charge in [-0.15, -0.1) is 0 Å². The number of hydrogen-bond donors (Lipinski definition) is 0. The largest absolute Gasteiger partial charge is 0.491 e. The van der Waals surface area contributed by atoms with Gasteiger partial charge in [0, 0.05) is 0 Å². The lowest BCUT2D eigenvalue weighted by Gasteiger charge is -2.14. The van der Waals surface area contributed by atoms with Crippen molar-refractivity contribution in [1.29, 1.82) is 0 Å². The van der Waals surface area contributed by atoms with Crippen LogP contribution in [0.4, 0.5) is 0 Å². The molecule has 2 rings (SSSR count). The van der Waals surface area contributed by atoms with E-state index in [0.717, 1.165) is 12.4 Å². The van der Waals surface area contributed by atoms with Crippen molar-refractivity contribution in [1.82, 2.24) is 0 Å². The standard InChI is InChI=1S/C15H22O3/c1-11(2)13-4-6-14(7-5-13)17-8-12(3)16-9-15-10-18-15/h4-7,11-12,15H,8-10H2,1-3H3. The van der Waals surface area contributed by atoms with Crippen LogP contribution < -0.4 is 4.74 Å². The average molecular weight is 250 g/mol. The summed E-state index contributed by atoms with van der Waals surface area (Å²) in [4.78, 5) is 0. The third kappa shape index (κ3) is 4.31. The molecule has 1 heterocycles. The van der Waals surface area contributed by atoms with Crippen LogP contribution in [0.1, 0.15) is 32.3 Å². The number of benzene rings is 1. The minimum atomic E-state index is 0.0963. The summed E-state index contributed by atoms with van der Waals surface area (Å²) in [6, 6.07) is 8.27. The molecule has 0 aromatic heterocycles. The fourth-order valence-electron chi connectivity index (χ4n) is 1.65. The maximum Gasteiger partial charge on any atom is 0.119 e. The second kappa shape index (κ2) is 6.21. The normalized spacial score (nSPS) is 19.9. The third-order valence-electron chi connectivity index (χ3n) is 3.00. The van der Waals surface area contributed by atoms with Gasteiger partial charge in [-0.05, 0) is 30.5 Å². The number of rotatable bonds is 7. The molecule has 0 radical (unpaired) electrons. The molecule has 2 atom stereocenters. The minimum absolute atomic E-state index is 0.0963. The average Bonchev–Trinajstić information content (AvgIpc) is 3.18. The number of epoxide rings is 1. The van der Waals surface area contributed by atoms with E-state index in [9.17, 15) is 0 Å². The van der Waals surface area contributed by atoms with Crippen molar-refractivity contribution < 1.29 is 14.2 Å². The molecular formula is C15H22O3. The van der Waals surface area contributed by atoms with Crippen molar-refractivity contribution in [3.05, 3.63) is 29.8 Å². The van der Waals surface area contributed by atoms with E-state index in [1.165, 1.54) is 5.56 Å². The van der Waals surface area contributed by atoms with Gasteiger partial charge in [0.05, 0.1) is 19.3 Å². The van der Waals surface area contributed by atoms with Gasteiger partial charge in [-0.2, -0.15) is 0 Å². The third-order valence-corrected chi connectivity index (χ3v) is 3.00. The molecule has 0 saturated carbocycles. The van der Waals surface area contributed by atoms with Crippen LogP contribution in [0.3, 0.4) is 0 Å². The summed E-state index contributed by atoms with van der Waals surface area (Å²) in [7, 11) is 0. The maximum absolute atomic E-state index is 5.69. The van der Waals surface area contributed by atoms with Crippen molar-refractivity contribution in [2.24, 2.45) is 0 Å². The molecule has 1 fully saturated rings. The molecule has 1 saturated heterocycles. The molecule has 1 aliphatic rings. The minimum Gasteiger partial charge on any atom is -0.491 e. The molecule has 1 aliphatic heterocycles. The molecule has 0 N–H and O–H groups in total. The van der Waals surface area contributed by atoms with Crippen LogP contribution in [0, 0.1) is 0 Å². The Morgan fingerprint density at radius 1 is 1.22 bits per heavy atom. The van der Waals surface area contributed by atoms with Crippen molar-refractivity contribution in [3.63, 3.8) is 0 Å². The molecule has 18 heavy (non-hydrogen) atoms. The number of hydrogen-bond acceptors (Lipinski definition) is 3. The van der Waals surface area contributed by atoms with Gasteiger partial charge in [-0.1, -0.05) is 26.0 Å². The lowest BCUT2D eigenvalue weighted by atomic mass is 10.0. The highest BCUT2D eigenvalue weighted by Crippen LogP contribution is 2.19. The fourth-order valence-corrected chi connectivity index (χ4v) is 1.65. The molecule has 0 bridgehead atoms. The summed E-state index contributed by atoms with van der Waals surface area (Å²) >= 11 is 0. The lowest BCUT2D eigenvalue weighted by molar-refractivity contribution is 0.0241. The first-order chi connectivity index (χ1) is 8.65. The lowest BCUT2D eigenvalue weighted by Crippen LogP contribution is -2.20. The molecule has 1 aromatic carbocycles. The first-order valence-corrected chi connectivity index (χ1v) is 6.61. The van der Waals surface area contributed by atoms with E-state index < -0.39 is 0 Å². The molecule has 3 heteroatoms. The number of ether oxygens (including phenoxy) is 3. The second-order valence-corrected chi connectivity index (χ2v) is 5.13. The van der Waals surface area contributed by atoms with E-state index in [1.54, 1.807) is 0 Å². The quantitative estimate of drug-likeness (QED) is 0.697. The van der Waals surface area contributed by atoms with Gasteiger partial charge in [-0.3, -0.25) is 0 Å². The van der Waals surface area contributed by atoms with Crippen molar-refractivity contribution in [2.75, 3.05) is 19.8 Å². The maximum atomic E-state index is 5.69. The Balaban J connectivity index is 1.71. The van der Waals surface area contributed by atoms with E-state index in [4.69, 9.17) is 14.2 Å². The molecule has 0 amide bonds. The molecule has 2 unspecified atom stereocenters. The summed E-state index contributed by atoms with van der Waals surface area (Å²) in [5.41, 5.74) is 1.33. The van der Waals surface area contributed by atoms with Gasteiger partial charge in [0.1, 0.15) is 18.5 Å². The summed E-state index contributed by atoms with van der Waals surface area (Å²) in [6.07, 6.45) is 0.414. The van der Waals surface area contributed by atoms with Crippen LogP contribution in [0.15, 0.2) is 24.3 Å². The van der Waals surface area contributed by atoms with E-state index in [0.29, 0.717) is 25.2 Å². The van der Waals surface area contributed by atoms with E-state index in [1.807, 2.05) is 19.1 Å². The summed E-state index contributed by atoms with van der Waals surface area (Å²) < 4.78 is 16.4. The van der Waals surface area contributed by atoms with Crippen LogP contribution in [0.2, 0.25) is 0 Å². The topological polar surface area (TPSA) is 31.0 Å². The van der Waals surface area contributed by atoms with Crippen LogP contribution >= 0.6 is 0 Å². The monoisotopic (exact) mass is 250 g/mol. The first kappa shape index (κ1) is 13.4. The zero-order chi connectivity index (χ0) is 13.0. The molecule has 100 valence electrons. The second-order valence-electron chi connectivity index (χ2n) is 5.13. The summed E-state index contributed by atoms with van der Waals surface area (Å²) in [5, 5.41) is 0. The summed E-state index contributed by atoms with van der Waals surface area (Å²) in [6.45, 7) is 8.48. The Morgan fingerprint density at radius 2 is 1.89 bits per heavy atom. The van der Waals surface area contributed by atoms with Gasteiger partial charge in [0.2, 0.25) is 0 Å². The van der Waals surface area contributed by atoms with Crippen LogP contribution in [-0.2, 0) is 9.47 Å². The zero-order valence-corrected chi connectivity index (χ0v) is 11.4. The van der Waals surface area contributed by atoms with Gasteiger partial charge < -0.3 is 14.2 Å². The van der Waals surface area contributed by atoms with Crippen molar-refractivity contribution in [2.45, 2.75) is 38.9 Å². The van der Waals surface area contributed by atoms with Crippen LogP contribution in [-0.4, -0.2) is 32.0 Å². The molecule has 3 nitrogen and oxygen atoms in total. The molecule has 0 aliphatic carbocycles. The van der Waals surface area contributed by atoms with E-state index in [2.05, 4.69) is 26.0 Å². The van der Waals surface area contributed by atoms with E-state index >= 15 is 0 Å². The highest BCUT2D eigenvalue weighted by atomic mass is 16.6. The Bertz CT molecular complexity index is 355. The molecule has 0 spiro atoms. The molecule has 1 aromatic rings. The van der Waals surface area contributed by atoms with Crippen LogP contribution in [0.25, 0.3) is 0 Å². The summed E-state index contributed by atoms with van der Waals surface area (Å²) in [5.74, 6) is 1.46. The van der Waals surface area contributed by atoms with Crippen molar-refractivity contribution in [3.8, 4) is 5.75 Å². The Kier molecular flexibility index (Phi) is 4.61. The van der Waals surface area contributed by atoms with Crippen molar-refractivity contribution >= 4 is 0 Å².